The molecule has 2 aliphatic rings. The summed E-state index contributed by atoms with van der Waals surface area (Å²) in [5.41, 5.74) is 5.70. The SMILES string of the molecule is CC(N)CC(=O)N1CCN(CC2CCCCN2C)CC1. The molecule has 0 aromatic heterocycles. The van der Waals surface area contributed by atoms with Gasteiger partial charge in [0.2, 0.25) is 5.91 Å². The highest BCUT2D eigenvalue weighted by Crippen LogP contribution is 2.17. The number of rotatable bonds is 4. The second-order valence-electron chi connectivity index (χ2n) is 6.49. The van der Waals surface area contributed by atoms with Crippen LogP contribution in [0.1, 0.15) is 32.6 Å². The molecule has 0 aromatic rings. The summed E-state index contributed by atoms with van der Waals surface area (Å²) in [6, 6.07) is 0.673. The van der Waals surface area contributed by atoms with E-state index in [9.17, 15) is 4.79 Å². The number of hydrogen-bond donors (Lipinski definition) is 1. The zero-order chi connectivity index (χ0) is 14.5. The Bertz CT molecular complexity index is 313. The second-order valence-corrected chi connectivity index (χ2v) is 6.49. The van der Waals surface area contributed by atoms with Gasteiger partial charge in [-0.05, 0) is 33.4 Å². The molecule has 5 nitrogen and oxygen atoms in total. The first kappa shape index (κ1) is 15.7. The van der Waals surface area contributed by atoms with E-state index in [1.807, 2.05) is 11.8 Å². The van der Waals surface area contributed by atoms with E-state index in [0.29, 0.717) is 12.5 Å². The number of nitrogens with zero attached hydrogens (tertiary/aromatic N) is 3. The minimum Gasteiger partial charge on any atom is -0.340 e. The number of piperazine rings is 1. The zero-order valence-corrected chi connectivity index (χ0v) is 13.1. The lowest BCUT2D eigenvalue weighted by molar-refractivity contribution is -0.133. The summed E-state index contributed by atoms with van der Waals surface area (Å²) >= 11 is 0. The second kappa shape index (κ2) is 7.38. The predicted octanol–water partition coefficient (Wildman–Crippen LogP) is 0.352. The van der Waals surface area contributed by atoms with Crippen LogP contribution < -0.4 is 5.73 Å². The lowest BCUT2D eigenvalue weighted by Gasteiger charge is -2.40. The van der Waals surface area contributed by atoms with E-state index in [-0.39, 0.29) is 11.9 Å². The van der Waals surface area contributed by atoms with Gasteiger partial charge in [-0.3, -0.25) is 9.69 Å². The number of piperidine rings is 1. The Morgan fingerprint density at radius 3 is 2.50 bits per heavy atom. The van der Waals surface area contributed by atoms with Crippen LogP contribution in [0.4, 0.5) is 0 Å². The molecule has 20 heavy (non-hydrogen) atoms. The Labute approximate surface area is 123 Å². The lowest BCUT2D eigenvalue weighted by atomic mass is 10.0. The predicted molar refractivity (Wildman–Crippen MR) is 81.6 cm³/mol. The van der Waals surface area contributed by atoms with Gasteiger partial charge in [-0.25, -0.2) is 0 Å². The van der Waals surface area contributed by atoms with Crippen molar-refractivity contribution in [1.29, 1.82) is 0 Å². The summed E-state index contributed by atoms with van der Waals surface area (Å²) in [5.74, 6) is 0.217. The molecule has 5 heteroatoms. The molecule has 2 atom stereocenters. The highest BCUT2D eigenvalue weighted by molar-refractivity contribution is 5.76. The van der Waals surface area contributed by atoms with Crippen LogP contribution in [0.5, 0.6) is 0 Å². The summed E-state index contributed by atoms with van der Waals surface area (Å²) in [7, 11) is 2.24. The molecule has 1 amide bonds. The number of likely N-dealkylation sites (N-methyl/N-ethyl adjacent to an activating group) is 1. The van der Waals surface area contributed by atoms with Gasteiger partial charge in [-0.2, -0.15) is 0 Å². The third-order valence-electron chi connectivity index (χ3n) is 4.61. The topological polar surface area (TPSA) is 52.8 Å². The zero-order valence-electron chi connectivity index (χ0n) is 13.1. The summed E-state index contributed by atoms with van der Waals surface area (Å²) in [4.78, 5) is 19.0. The Morgan fingerprint density at radius 2 is 1.90 bits per heavy atom. The smallest absolute Gasteiger partial charge is 0.224 e. The molecule has 0 radical (unpaired) electrons. The fourth-order valence-corrected chi connectivity index (χ4v) is 3.26. The van der Waals surface area contributed by atoms with Gasteiger partial charge in [0.05, 0.1) is 0 Å². The normalized spacial score (nSPS) is 27.6. The van der Waals surface area contributed by atoms with E-state index in [0.717, 1.165) is 32.7 Å². The van der Waals surface area contributed by atoms with Crippen molar-refractivity contribution in [2.75, 3.05) is 46.3 Å². The molecule has 116 valence electrons. The van der Waals surface area contributed by atoms with Crippen LogP contribution in [0, 0.1) is 0 Å². The molecule has 0 saturated carbocycles. The molecule has 2 rings (SSSR count). The largest absolute Gasteiger partial charge is 0.340 e. The third-order valence-corrected chi connectivity index (χ3v) is 4.61. The molecule has 2 heterocycles. The molecule has 2 aliphatic heterocycles. The average Bonchev–Trinajstić information content (AvgIpc) is 2.41. The third kappa shape index (κ3) is 4.43. The maximum absolute atomic E-state index is 12.0. The van der Waals surface area contributed by atoms with Crippen molar-refractivity contribution in [3.05, 3.63) is 0 Å². The number of nitrogens with two attached hydrogens (primary N) is 1. The van der Waals surface area contributed by atoms with Gasteiger partial charge in [0.15, 0.2) is 0 Å². The molecular weight excluding hydrogens is 252 g/mol. The summed E-state index contributed by atoms with van der Waals surface area (Å²) in [6.45, 7) is 8.03. The quantitative estimate of drug-likeness (QED) is 0.808. The van der Waals surface area contributed by atoms with Gasteiger partial charge < -0.3 is 15.5 Å². The lowest BCUT2D eigenvalue weighted by Crippen LogP contribution is -2.53. The standard InChI is InChI=1S/C15H30N4O/c1-13(16)11-15(20)19-9-7-18(8-10-19)12-14-5-3-4-6-17(14)2/h13-14H,3-12,16H2,1-2H3. The van der Waals surface area contributed by atoms with Gasteiger partial charge in [0, 0.05) is 51.2 Å². The minimum atomic E-state index is -0.0311. The van der Waals surface area contributed by atoms with E-state index in [1.54, 1.807) is 0 Å². The van der Waals surface area contributed by atoms with Crippen molar-refractivity contribution in [1.82, 2.24) is 14.7 Å². The van der Waals surface area contributed by atoms with Crippen molar-refractivity contribution in [2.24, 2.45) is 5.73 Å². The van der Waals surface area contributed by atoms with Crippen LogP contribution in [0.25, 0.3) is 0 Å². The first-order valence-electron chi connectivity index (χ1n) is 8.02. The Kier molecular flexibility index (Phi) is 5.81. The molecule has 2 N–H and O–H groups in total. The first-order valence-corrected chi connectivity index (χ1v) is 8.02. The number of hydrogen-bond acceptors (Lipinski definition) is 4. The van der Waals surface area contributed by atoms with Crippen LogP contribution >= 0.6 is 0 Å². The van der Waals surface area contributed by atoms with Crippen molar-refractivity contribution < 1.29 is 4.79 Å². The van der Waals surface area contributed by atoms with Gasteiger partial charge in [-0.15, -0.1) is 0 Å². The van der Waals surface area contributed by atoms with Crippen LogP contribution in [-0.2, 0) is 4.79 Å². The molecule has 2 fully saturated rings. The van der Waals surface area contributed by atoms with Gasteiger partial charge >= 0.3 is 0 Å². The highest BCUT2D eigenvalue weighted by atomic mass is 16.2. The highest BCUT2D eigenvalue weighted by Gasteiger charge is 2.25. The maximum atomic E-state index is 12.0. The summed E-state index contributed by atoms with van der Waals surface area (Å²) in [6.07, 6.45) is 4.50. The van der Waals surface area contributed by atoms with Crippen LogP contribution in [0.2, 0.25) is 0 Å². The molecular formula is C15H30N4O. The summed E-state index contributed by atoms with van der Waals surface area (Å²) < 4.78 is 0. The van der Waals surface area contributed by atoms with E-state index >= 15 is 0 Å². The number of carbonyl (C=O) groups is 1. The summed E-state index contributed by atoms with van der Waals surface area (Å²) in [5, 5.41) is 0. The maximum Gasteiger partial charge on any atom is 0.224 e. The fraction of sp³-hybridized carbons (Fsp3) is 0.933. The molecule has 0 spiro atoms. The van der Waals surface area contributed by atoms with Crippen LogP contribution in [-0.4, -0.2) is 79.0 Å². The van der Waals surface area contributed by atoms with Crippen molar-refractivity contribution in [3.8, 4) is 0 Å². The molecule has 2 saturated heterocycles. The van der Waals surface area contributed by atoms with E-state index in [1.165, 1.54) is 25.8 Å². The Hall–Kier alpha value is -0.650. The fourth-order valence-electron chi connectivity index (χ4n) is 3.26. The number of amides is 1. The van der Waals surface area contributed by atoms with Gasteiger partial charge in [-0.1, -0.05) is 6.42 Å². The Morgan fingerprint density at radius 1 is 1.20 bits per heavy atom. The van der Waals surface area contributed by atoms with Gasteiger partial charge in [0.1, 0.15) is 0 Å². The number of carbonyl (C=O) groups excluding carboxylic acids is 1. The Balaban J connectivity index is 1.72. The van der Waals surface area contributed by atoms with Crippen LogP contribution in [0.15, 0.2) is 0 Å². The van der Waals surface area contributed by atoms with Crippen molar-refractivity contribution >= 4 is 5.91 Å². The average molecular weight is 282 g/mol. The van der Waals surface area contributed by atoms with E-state index < -0.39 is 0 Å². The molecule has 0 bridgehead atoms. The van der Waals surface area contributed by atoms with Gasteiger partial charge in [0.25, 0.3) is 0 Å². The molecule has 0 aliphatic carbocycles. The van der Waals surface area contributed by atoms with Crippen molar-refractivity contribution in [2.45, 2.75) is 44.7 Å². The van der Waals surface area contributed by atoms with Crippen molar-refractivity contribution in [3.63, 3.8) is 0 Å². The first-order chi connectivity index (χ1) is 9.56. The number of likely N-dealkylation sites (tertiary alicyclic amines) is 1. The molecule has 2 unspecified atom stereocenters. The monoisotopic (exact) mass is 282 g/mol. The molecule has 0 aromatic carbocycles. The van der Waals surface area contributed by atoms with Crippen LogP contribution in [0.3, 0.4) is 0 Å². The van der Waals surface area contributed by atoms with E-state index in [2.05, 4.69) is 16.8 Å². The minimum absolute atomic E-state index is 0.0311. The van der Waals surface area contributed by atoms with E-state index in [4.69, 9.17) is 5.73 Å².